The van der Waals surface area contributed by atoms with Crippen molar-refractivity contribution in [2.24, 2.45) is 5.92 Å². The van der Waals surface area contributed by atoms with Crippen LogP contribution in [0.3, 0.4) is 0 Å². The molecule has 0 fully saturated rings. The van der Waals surface area contributed by atoms with Gasteiger partial charge in [-0.15, -0.1) is 0 Å². The second kappa shape index (κ2) is 4.55. The van der Waals surface area contributed by atoms with Gasteiger partial charge in [-0.3, -0.25) is 10.1 Å². The number of rotatable bonds is 2. The summed E-state index contributed by atoms with van der Waals surface area (Å²) < 4.78 is 5.06. The zero-order valence-electron chi connectivity index (χ0n) is 9.74. The number of aliphatic carboxylic acids is 1. The summed E-state index contributed by atoms with van der Waals surface area (Å²) in [5.41, 5.74) is 0.0803. The van der Waals surface area contributed by atoms with Gasteiger partial charge in [0.2, 0.25) is 0 Å². The van der Waals surface area contributed by atoms with E-state index in [1.807, 2.05) is 0 Å². The maximum atomic E-state index is 11.4. The largest absolute Gasteiger partial charge is 0.481 e. The molecule has 0 aromatic carbocycles. The highest BCUT2D eigenvalue weighted by Crippen LogP contribution is 2.23. The first-order valence-electron chi connectivity index (χ1n) is 5.20. The molecule has 1 amide bonds. The number of hydrogen-bond donors (Lipinski definition) is 2. The number of hydrogen-bond acceptors (Lipinski definition) is 3. The van der Waals surface area contributed by atoms with Crippen molar-refractivity contribution in [1.82, 2.24) is 5.32 Å². The van der Waals surface area contributed by atoms with E-state index in [-0.39, 0.29) is 0 Å². The van der Waals surface area contributed by atoms with E-state index in [4.69, 9.17) is 9.84 Å². The molecule has 5 nitrogen and oxygen atoms in total. The third kappa shape index (κ3) is 3.92. The van der Waals surface area contributed by atoms with Crippen LogP contribution in [-0.2, 0) is 9.53 Å². The standard InChI is InChI=1S/C11H17NO4/c1-11(2,3)16-10(15)12-8-5-4-7(6-8)9(13)14/h5,7H,4,6H2,1-3H3,(H,12,15)(H,13,14)/t7-/m0/s1. The van der Waals surface area contributed by atoms with Crippen molar-refractivity contribution in [3.05, 3.63) is 11.8 Å². The minimum absolute atomic E-state index is 0.356. The molecule has 1 atom stereocenters. The summed E-state index contributed by atoms with van der Waals surface area (Å²) in [6.45, 7) is 5.32. The maximum absolute atomic E-state index is 11.4. The van der Waals surface area contributed by atoms with Crippen LogP contribution >= 0.6 is 0 Å². The molecule has 0 aliphatic heterocycles. The molecule has 0 saturated carbocycles. The van der Waals surface area contributed by atoms with Crippen LogP contribution < -0.4 is 5.32 Å². The average Bonchev–Trinajstić information content (AvgIpc) is 2.48. The Balaban J connectivity index is 2.40. The molecule has 0 radical (unpaired) electrons. The van der Waals surface area contributed by atoms with Gasteiger partial charge in [-0.25, -0.2) is 4.79 Å². The number of carboxylic acid groups (broad SMARTS) is 1. The number of carbonyl (C=O) groups excluding carboxylic acids is 1. The second-order valence-electron chi connectivity index (χ2n) is 4.83. The van der Waals surface area contributed by atoms with Crippen molar-refractivity contribution >= 4 is 12.1 Å². The Morgan fingerprint density at radius 1 is 1.50 bits per heavy atom. The molecule has 2 N–H and O–H groups in total. The number of alkyl carbamates (subject to hydrolysis) is 1. The van der Waals surface area contributed by atoms with Crippen molar-refractivity contribution in [2.75, 3.05) is 0 Å². The second-order valence-corrected chi connectivity index (χ2v) is 4.83. The number of nitrogens with one attached hydrogen (secondary N) is 1. The Morgan fingerprint density at radius 2 is 2.12 bits per heavy atom. The van der Waals surface area contributed by atoms with Crippen molar-refractivity contribution in [2.45, 2.75) is 39.2 Å². The van der Waals surface area contributed by atoms with Crippen LogP contribution in [0.5, 0.6) is 0 Å². The molecular weight excluding hydrogens is 210 g/mol. The average molecular weight is 227 g/mol. The van der Waals surface area contributed by atoms with Gasteiger partial charge in [0.1, 0.15) is 5.60 Å². The highest BCUT2D eigenvalue weighted by Gasteiger charge is 2.25. The molecular formula is C11H17NO4. The van der Waals surface area contributed by atoms with Crippen LogP contribution in [0.2, 0.25) is 0 Å². The Hall–Kier alpha value is -1.52. The van der Waals surface area contributed by atoms with Crippen LogP contribution in [0, 0.1) is 5.92 Å². The van der Waals surface area contributed by atoms with E-state index in [1.54, 1.807) is 26.8 Å². The van der Waals surface area contributed by atoms with E-state index in [0.717, 1.165) is 0 Å². The molecule has 16 heavy (non-hydrogen) atoms. The lowest BCUT2D eigenvalue weighted by atomic mass is 10.1. The number of ether oxygens (including phenoxy) is 1. The summed E-state index contributed by atoms with van der Waals surface area (Å²) in [5.74, 6) is -1.26. The van der Waals surface area contributed by atoms with E-state index in [1.165, 1.54) is 0 Å². The van der Waals surface area contributed by atoms with E-state index >= 15 is 0 Å². The summed E-state index contributed by atoms with van der Waals surface area (Å²) in [6, 6.07) is 0. The Labute approximate surface area is 94.5 Å². The van der Waals surface area contributed by atoms with Crippen molar-refractivity contribution < 1.29 is 19.4 Å². The van der Waals surface area contributed by atoms with Crippen LogP contribution in [0.25, 0.3) is 0 Å². The van der Waals surface area contributed by atoms with Gasteiger partial charge >= 0.3 is 12.1 Å². The molecule has 90 valence electrons. The van der Waals surface area contributed by atoms with Gasteiger partial charge in [0.05, 0.1) is 5.92 Å². The normalized spacial score (nSPS) is 20.2. The van der Waals surface area contributed by atoms with E-state index in [0.29, 0.717) is 18.5 Å². The topological polar surface area (TPSA) is 75.6 Å². The minimum Gasteiger partial charge on any atom is -0.481 e. The molecule has 1 aliphatic carbocycles. The quantitative estimate of drug-likeness (QED) is 0.755. The predicted octanol–water partition coefficient (Wildman–Crippen LogP) is 1.89. The third-order valence-electron chi connectivity index (χ3n) is 2.13. The molecule has 1 rings (SSSR count). The number of allylic oxidation sites excluding steroid dienone is 2. The van der Waals surface area contributed by atoms with Crippen LogP contribution in [0.1, 0.15) is 33.6 Å². The number of carboxylic acids is 1. The lowest BCUT2D eigenvalue weighted by Gasteiger charge is -2.20. The Kier molecular flexibility index (Phi) is 3.57. The first-order valence-corrected chi connectivity index (χ1v) is 5.20. The molecule has 5 heteroatoms. The Morgan fingerprint density at radius 3 is 2.56 bits per heavy atom. The first-order chi connectivity index (χ1) is 7.28. The Bertz CT molecular complexity index is 327. The molecule has 0 saturated heterocycles. The van der Waals surface area contributed by atoms with Crippen LogP contribution in [0.4, 0.5) is 4.79 Å². The van der Waals surface area contributed by atoms with Gasteiger partial charge in [-0.2, -0.15) is 0 Å². The monoisotopic (exact) mass is 227 g/mol. The molecule has 1 aliphatic rings. The van der Waals surface area contributed by atoms with Gasteiger partial charge in [0.15, 0.2) is 0 Å². The maximum Gasteiger partial charge on any atom is 0.411 e. The van der Waals surface area contributed by atoms with E-state index < -0.39 is 23.6 Å². The lowest BCUT2D eigenvalue weighted by molar-refractivity contribution is -0.141. The zero-order valence-corrected chi connectivity index (χ0v) is 9.74. The van der Waals surface area contributed by atoms with E-state index in [9.17, 15) is 9.59 Å². The highest BCUT2D eigenvalue weighted by atomic mass is 16.6. The molecule has 0 spiro atoms. The van der Waals surface area contributed by atoms with E-state index in [2.05, 4.69) is 5.32 Å². The molecule has 0 bridgehead atoms. The number of amides is 1. The van der Waals surface area contributed by atoms with Crippen molar-refractivity contribution in [3.8, 4) is 0 Å². The van der Waals surface area contributed by atoms with Gasteiger partial charge in [-0.1, -0.05) is 6.08 Å². The van der Waals surface area contributed by atoms with Crippen molar-refractivity contribution in [1.29, 1.82) is 0 Å². The lowest BCUT2D eigenvalue weighted by Crippen LogP contribution is -2.32. The molecule has 0 unspecified atom stereocenters. The fraction of sp³-hybridized carbons (Fsp3) is 0.636. The van der Waals surface area contributed by atoms with Crippen LogP contribution in [-0.4, -0.2) is 22.8 Å². The highest BCUT2D eigenvalue weighted by molar-refractivity contribution is 5.73. The minimum atomic E-state index is -0.836. The summed E-state index contributed by atoms with van der Waals surface area (Å²) in [6.07, 6.45) is 2.00. The molecule has 0 heterocycles. The summed E-state index contributed by atoms with van der Waals surface area (Å²) in [5, 5.41) is 11.3. The fourth-order valence-electron chi connectivity index (χ4n) is 1.44. The van der Waals surface area contributed by atoms with Gasteiger partial charge in [-0.05, 0) is 27.2 Å². The smallest absolute Gasteiger partial charge is 0.411 e. The summed E-state index contributed by atoms with van der Waals surface area (Å²) in [4.78, 5) is 22.1. The first kappa shape index (κ1) is 12.5. The third-order valence-corrected chi connectivity index (χ3v) is 2.13. The van der Waals surface area contributed by atoms with Gasteiger partial charge in [0, 0.05) is 12.1 Å². The predicted molar refractivity (Wildman–Crippen MR) is 57.8 cm³/mol. The van der Waals surface area contributed by atoms with Gasteiger partial charge < -0.3 is 9.84 Å². The molecule has 0 aromatic rings. The molecule has 0 aromatic heterocycles. The fourth-order valence-corrected chi connectivity index (χ4v) is 1.44. The van der Waals surface area contributed by atoms with Crippen LogP contribution in [0.15, 0.2) is 11.8 Å². The van der Waals surface area contributed by atoms with Gasteiger partial charge in [0.25, 0.3) is 0 Å². The van der Waals surface area contributed by atoms with Crippen molar-refractivity contribution in [3.63, 3.8) is 0 Å². The summed E-state index contributed by atoms with van der Waals surface area (Å²) >= 11 is 0. The summed E-state index contributed by atoms with van der Waals surface area (Å²) in [7, 11) is 0. The SMILES string of the molecule is CC(C)(C)OC(=O)NC1=CC[C@H](C(=O)O)C1. The number of carbonyl (C=O) groups is 2. The zero-order chi connectivity index (χ0) is 12.3.